The first-order valence-electron chi connectivity index (χ1n) is 9.91. The molecular formula is C26H19NO2S2. The molecule has 0 fully saturated rings. The second-order valence-corrected chi connectivity index (χ2v) is 9.70. The van der Waals surface area contributed by atoms with Gasteiger partial charge in [0.25, 0.3) is 0 Å². The van der Waals surface area contributed by atoms with Gasteiger partial charge in [-0.1, -0.05) is 58.9 Å². The Morgan fingerprint density at radius 1 is 0.710 bits per heavy atom. The zero-order valence-corrected chi connectivity index (χ0v) is 18.7. The van der Waals surface area contributed by atoms with Crippen LogP contribution in [0.2, 0.25) is 0 Å². The molecule has 0 radical (unpaired) electrons. The van der Waals surface area contributed by atoms with Crippen LogP contribution in [0, 0.1) is 13.8 Å². The zero-order valence-electron chi connectivity index (χ0n) is 17.1. The van der Waals surface area contributed by atoms with Crippen molar-refractivity contribution in [1.29, 1.82) is 0 Å². The molecule has 0 aromatic heterocycles. The summed E-state index contributed by atoms with van der Waals surface area (Å²) in [7, 11) is 0. The molecule has 0 unspecified atom stereocenters. The summed E-state index contributed by atoms with van der Waals surface area (Å²) < 4.78 is 6.06. The van der Waals surface area contributed by atoms with Crippen LogP contribution >= 0.6 is 23.5 Å². The van der Waals surface area contributed by atoms with Crippen LogP contribution in [0.15, 0.2) is 108 Å². The van der Waals surface area contributed by atoms with Gasteiger partial charge in [-0.3, -0.25) is 4.79 Å². The Kier molecular flexibility index (Phi) is 5.30. The van der Waals surface area contributed by atoms with Crippen molar-refractivity contribution in [3.63, 3.8) is 0 Å². The molecule has 0 saturated carbocycles. The molecule has 3 aromatic rings. The lowest BCUT2D eigenvalue weighted by Gasteiger charge is -2.09. The van der Waals surface area contributed by atoms with Crippen molar-refractivity contribution in [3.8, 4) is 11.5 Å². The standard InChI is InChI=1S/C26H19NO2S2/c1-16-3-7-18(8-4-16)30-20-11-12-21-24(13-20)29-25-15-23(28)26(14-22(25)27-21)31-19-9-5-17(2)6-10-19/h3-15H,1-2H3. The Morgan fingerprint density at radius 3 is 2.00 bits per heavy atom. The lowest BCUT2D eigenvalue weighted by Crippen LogP contribution is -2.04. The van der Waals surface area contributed by atoms with E-state index in [4.69, 9.17) is 9.40 Å². The van der Waals surface area contributed by atoms with Crippen LogP contribution in [0.25, 0.3) is 22.6 Å². The molecule has 0 bridgehead atoms. The van der Waals surface area contributed by atoms with Gasteiger partial charge in [0.2, 0.25) is 0 Å². The van der Waals surface area contributed by atoms with Crippen LogP contribution < -0.4 is 5.43 Å². The SMILES string of the molecule is Cc1ccc(Sc2ccc3nc4cc(Sc5ccc(C)cc5)c(=O)cc-4oc3c2)cc1. The normalized spacial score (nSPS) is 11.3. The van der Waals surface area contributed by atoms with E-state index in [-0.39, 0.29) is 5.43 Å². The highest BCUT2D eigenvalue weighted by Gasteiger charge is 2.14. The second-order valence-electron chi connectivity index (χ2n) is 7.44. The Bertz CT molecular complexity index is 1410. The molecule has 0 spiro atoms. The van der Waals surface area contributed by atoms with E-state index in [9.17, 15) is 4.79 Å². The number of aryl methyl sites for hydroxylation is 2. The van der Waals surface area contributed by atoms with E-state index in [2.05, 4.69) is 31.2 Å². The molecule has 5 rings (SSSR count). The molecule has 2 aliphatic rings. The summed E-state index contributed by atoms with van der Waals surface area (Å²) in [4.78, 5) is 21.3. The lowest BCUT2D eigenvalue weighted by molar-refractivity contribution is 0.610. The largest absolute Gasteiger partial charge is 0.453 e. The maximum Gasteiger partial charge on any atom is 0.196 e. The molecule has 1 aliphatic heterocycles. The summed E-state index contributed by atoms with van der Waals surface area (Å²) >= 11 is 3.12. The van der Waals surface area contributed by atoms with Crippen molar-refractivity contribution < 1.29 is 4.42 Å². The van der Waals surface area contributed by atoms with Gasteiger partial charge >= 0.3 is 0 Å². The maximum absolute atomic E-state index is 12.7. The number of hydrogen-bond donors (Lipinski definition) is 0. The molecule has 0 saturated heterocycles. The quantitative estimate of drug-likeness (QED) is 0.276. The van der Waals surface area contributed by atoms with Gasteiger partial charge in [0, 0.05) is 20.8 Å². The summed E-state index contributed by atoms with van der Waals surface area (Å²) in [6.45, 7) is 4.12. The summed E-state index contributed by atoms with van der Waals surface area (Å²) in [6.07, 6.45) is 0. The molecule has 0 N–H and O–H groups in total. The molecular weight excluding hydrogens is 422 g/mol. The van der Waals surface area contributed by atoms with Crippen molar-refractivity contribution in [2.45, 2.75) is 33.4 Å². The van der Waals surface area contributed by atoms with Gasteiger partial charge < -0.3 is 4.42 Å². The van der Waals surface area contributed by atoms with Crippen LogP contribution in [0.5, 0.6) is 0 Å². The van der Waals surface area contributed by atoms with Crippen molar-refractivity contribution in [1.82, 2.24) is 4.98 Å². The third-order valence-corrected chi connectivity index (χ3v) is 6.97. The third-order valence-electron chi connectivity index (χ3n) is 4.92. The van der Waals surface area contributed by atoms with E-state index in [1.54, 1.807) is 11.8 Å². The first kappa shape index (κ1) is 19.9. The predicted octanol–water partition coefficient (Wildman–Crippen LogP) is 7.21. The summed E-state index contributed by atoms with van der Waals surface area (Å²) in [6, 6.07) is 25.9. The molecule has 152 valence electrons. The molecule has 0 amide bonds. The fraction of sp³-hybridized carbons (Fsp3) is 0.0769. The molecule has 31 heavy (non-hydrogen) atoms. The topological polar surface area (TPSA) is 43.1 Å². The first-order chi connectivity index (χ1) is 15.0. The highest BCUT2D eigenvalue weighted by atomic mass is 32.2. The lowest BCUT2D eigenvalue weighted by atomic mass is 10.2. The average molecular weight is 442 g/mol. The summed E-state index contributed by atoms with van der Waals surface area (Å²) in [5, 5.41) is 0. The van der Waals surface area contributed by atoms with E-state index in [0.717, 1.165) is 15.3 Å². The number of hydrogen-bond acceptors (Lipinski definition) is 5. The van der Waals surface area contributed by atoms with E-state index in [1.807, 2.05) is 55.5 Å². The molecule has 1 heterocycles. The van der Waals surface area contributed by atoms with Gasteiger partial charge in [0.1, 0.15) is 11.2 Å². The first-order valence-corrected chi connectivity index (χ1v) is 11.5. The average Bonchev–Trinajstić information content (AvgIpc) is 2.76. The Balaban J connectivity index is 1.49. The Hall–Kier alpha value is -3.02. The van der Waals surface area contributed by atoms with Crippen molar-refractivity contribution in [3.05, 3.63) is 100 Å². The fourth-order valence-corrected chi connectivity index (χ4v) is 4.94. The Morgan fingerprint density at radius 2 is 1.32 bits per heavy atom. The van der Waals surface area contributed by atoms with E-state index in [0.29, 0.717) is 21.9 Å². The van der Waals surface area contributed by atoms with Gasteiger partial charge in [-0.05, 0) is 62.4 Å². The van der Waals surface area contributed by atoms with Crippen molar-refractivity contribution in [2.75, 3.05) is 0 Å². The maximum atomic E-state index is 12.7. The highest BCUT2D eigenvalue weighted by molar-refractivity contribution is 7.99. The Labute approximate surface area is 188 Å². The zero-order chi connectivity index (χ0) is 21.4. The van der Waals surface area contributed by atoms with Gasteiger partial charge in [-0.15, -0.1) is 0 Å². The number of fused-ring (bicyclic) bond motifs is 2. The fourth-order valence-electron chi connectivity index (χ4n) is 3.24. The van der Waals surface area contributed by atoms with Crippen molar-refractivity contribution >= 4 is 34.6 Å². The molecule has 1 aliphatic carbocycles. The third kappa shape index (κ3) is 4.38. The van der Waals surface area contributed by atoms with E-state index < -0.39 is 0 Å². The van der Waals surface area contributed by atoms with Crippen LogP contribution in [0.3, 0.4) is 0 Å². The smallest absolute Gasteiger partial charge is 0.196 e. The van der Waals surface area contributed by atoms with Gasteiger partial charge in [0.05, 0.1) is 4.90 Å². The summed E-state index contributed by atoms with van der Waals surface area (Å²) in [5.41, 5.74) is 4.49. The minimum absolute atomic E-state index is 0.0619. The van der Waals surface area contributed by atoms with Crippen LogP contribution in [-0.2, 0) is 0 Å². The molecule has 3 nitrogen and oxygen atoms in total. The number of benzene rings is 4. The van der Waals surface area contributed by atoms with Crippen LogP contribution in [0.4, 0.5) is 0 Å². The summed E-state index contributed by atoms with van der Waals surface area (Å²) in [5.74, 6) is 0.503. The molecule has 0 atom stereocenters. The number of rotatable bonds is 4. The molecule has 3 aromatic carbocycles. The predicted molar refractivity (Wildman–Crippen MR) is 128 cm³/mol. The van der Waals surface area contributed by atoms with Gasteiger partial charge in [-0.2, -0.15) is 0 Å². The highest BCUT2D eigenvalue weighted by Crippen LogP contribution is 2.34. The monoisotopic (exact) mass is 441 g/mol. The van der Waals surface area contributed by atoms with Crippen molar-refractivity contribution in [2.24, 2.45) is 0 Å². The van der Waals surface area contributed by atoms with Gasteiger partial charge in [-0.25, -0.2) is 4.98 Å². The van der Waals surface area contributed by atoms with Gasteiger partial charge in [0.15, 0.2) is 16.8 Å². The van der Waals surface area contributed by atoms with E-state index >= 15 is 0 Å². The molecule has 5 heteroatoms. The minimum atomic E-state index is -0.0619. The number of nitrogens with zero attached hydrogens (tertiary/aromatic N) is 1. The second kappa shape index (κ2) is 8.25. The van der Waals surface area contributed by atoms with Crippen LogP contribution in [-0.4, -0.2) is 4.98 Å². The van der Waals surface area contributed by atoms with Crippen LogP contribution in [0.1, 0.15) is 11.1 Å². The minimum Gasteiger partial charge on any atom is -0.453 e. The number of aromatic nitrogens is 1. The van der Waals surface area contributed by atoms with E-state index in [1.165, 1.54) is 33.9 Å².